The highest BCUT2D eigenvalue weighted by Gasteiger charge is 2.36. The molecule has 1 saturated heterocycles. The van der Waals surface area contributed by atoms with Crippen LogP contribution in [0.15, 0.2) is 6.07 Å². The van der Waals surface area contributed by atoms with Crippen molar-refractivity contribution < 1.29 is 4.74 Å². The number of ether oxygens (including phenoxy) is 1. The second kappa shape index (κ2) is 6.49. The molecular formula is C17H31N3O. The van der Waals surface area contributed by atoms with Crippen molar-refractivity contribution in [3.05, 3.63) is 17.5 Å². The van der Waals surface area contributed by atoms with Crippen molar-refractivity contribution in [1.82, 2.24) is 15.1 Å². The number of nitrogens with zero attached hydrogens (tertiary/aromatic N) is 2. The maximum Gasteiger partial charge on any atom is 0.0624 e. The lowest BCUT2D eigenvalue weighted by Gasteiger charge is -2.32. The summed E-state index contributed by atoms with van der Waals surface area (Å²) < 4.78 is 7.90. The molecule has 1 N–H and O–H groups in total. The Morgan fingerprint density at radius 3 is 2.67 bits per heavy atom. The zero-order valence-corrected chi connectivity index (χ0v) is 14.3. The minimum absolute atomic E-state index is 0.148. The van der Waals surface area contributed by atoms with Crippen LogP contribution in [0.2, 0.25) is 0 Å². The van der Waals surface area contributed by atoms with Crippen LogP contribution in [0, 0.1) is 5.41 Å². The molecule has 0 radical (unpaired) electrons. The van der Waals surface area contributed by atoms with Gasteiger partial charge in [0, 0.05) is 36.3 Å². The van der Waals surface area contributed by atoms with Crippen molar-refractivity contribution in [3.8, 4) is 0 Å². The molecule has 2 heterocycles. The van der Waals surface area contributed by atoms with Crippen LogP contribution in [-0.4, -0.2) is 35.1 Å². The van der Waals surface area contributed by atoms with Gasteiger partial charge in [0.15, 0.2) is 0 Å². The molecule has 0 spiro atoms. The van der Waals surface area contributed by atoms with E-state index < -0.39 is 0 Å². The fourth-order valence-electron chi connectivity index (χ4n) is 2.93. The van der Waals surface area contributed by atoms with Crippen molar-refractivity contribution in [2.75, 3.05) is 19.8 Å². The molecule has 0 amide bonds. The molecule has 1 unspecified atom stereocenters. The first-order valence-electron chi connectivity index (χ1n) is 8.26. The molecule has 0 bridgehead atoms. The van der Waals surface area contributed by atoms with Gasteiger partial charge in [-0.1, -0.05) is 6.92 Å². The summed E-state index contributed by atoms with van der Waals surface area (Å²) in [6.07, 6.45) is 3.19. The topological polar surface area (TPSA) is 39.1 Å². The number of aromatic nitrogens is 2. The molecule has 0 saturated carbocycles. The van der Waals surface area contributed by atoms with Crippen LogP contribution >= 0.6 is 0 Å². The van der Waals surface area contributed by atoms with Crippen LogP contribution in [0.4, 0.5) is 0 Å². The number of nitrogens with one attached hydrogen (secondary N) is 1. The summed E-state index contributed by atoms with van der Waals surface area (Å²) in [6, 6.07) is 2.28. The van der Waals surface area contributed by atoms with Crippen LogP contribution in [0.25, 0.3) is 0 Å². The van der Waals surface area contributed by atoms with Crippen LogP contribution < -0.4 is 5.32 Å². The zero-order valence-electron chi connectivity index (χ0n) is 14.3. The van der Waals surface area contributed by atoms with Gasteiger partial charge in [0.1, 0.15) is 0 Å². The Morgan fingerprint density at radius 2 is 2.14 bits per heavy atom. The minimum atomic E-state index is 0.148. The predicted molar refractivity (Wildman–Crippen MR) is 86.6 cm³/mol. The van der Waals surface area contributed by atoms with Gasteiger partial charge in [0.25, 0.3) is 0 Å². The van der Waals surface area contributed by atoms with Gasteiger partial charge in [-0.05, 0) is 53.0 Å². The highest BCUT2D eigenvalue weighted by atomic mass is 16.5. The van der Waals surface area contributed by atoms with Gasteiger partial charge < -0.3 is 10.1 Å². The summed E-state index contributed by atoms with van der Waals surface area (Å²) in [5, 5.41) is 8.36. The van der Waals surface area contributed by atoms with Crippen molar-refractivity contribution in [2.45, 2.75) is 66.0 Å². The molecule has 0 aliphatic carbocycles. The second-order valence-corrected chi connectivity index (χ2v) is 7.38. The fourth-order valence-corrected chi connectivity index (χ4v) is 2.93. The van der Waals surface area contributed by atoms with E-state index in [2.05, 4.69) is 55.8 Å². The molecule has 1 aliphatic rings. The molecular weight excluding hydrogens is 262 g/mol. The molecule has 1 aromatic rings. The highest BCUT2D eigenvalue weighted by molar-refractivity contribution is 5.13. The van der Waals surface area contributed by atoms with Crippen LogP contribution in [0.3, 0.4) is 0 Å². The van der Waals surface area contributed by atoms with E-state index in [0.717, 1.165) is 45.6 Å². The quantitative estimate of drug-likeness (QED) is 0.876. The Kier molecular flexibility index (Phi) is 5.10. The van der Waals surface area contributed by atoms with E-state index in [1.165, 1.54) is 11.4 Å². The van der Waals surface area contributed by atoms with Gasteiger partial charge in [-0.15, -0.1) is 0 Å². The second-order valence-electron chi connectivity index (χ2n) is 7.38. The molecule has 4 nitrogen and oxygen atoms in total. The Balaban J connectivity index is 2.14. The van der Waals surface area contributed by atoms with Crippen molar-refractivity contribution in [3.63, 3.8) is 0 Å². The third-order valence-corrected chi connectivity index (χ3v) is 4.31. The smallest absolute Gasteiger partial charge is 0.0624 e. The SMILES string of the molecule is CCc1cc(CC2(CNC(C)(C)C)CCOC2)n(CC)n1. The van der Waals surface area contributed by atoms with Crippen LogP contribution in [0.5, 0.6) is 0 Å². The zero-order chi connectivity index (χ0) is 15.5. The number of rotatable bonds is 6. The molecule has 1 fully saturated rings. The lowest BCUT2D eigenvalue weighted by atomic mass is 9.81. The van der Waals surface area contributed by atoms with E-state index in [1.807, 2.05) is 0 Å². The third kappa shape index (κ3) is 4.30. The summed E-state index contributed by atoms with van der Waals surface area (Å²) in [7, 11) is 0. The summed E-state index contributed by atoms with van der Waals surface area (Å²) in [5.74, 6) is 0. The van der Waals surface area contributed by atoms with E-state index in [9.17, 15) is 0 Å². The Bertz CT molecular complexity index is 453. The number of hydrogen-bond acceptors (Lipinski definition) is 3. The average molecular weight is 293 g/mol. The summed E-state index contributed by atoms with van der Waals surface area (Å²) in [5.41, 5.74) is 2.92. The van der Waals surface area contributed by atoms with Gasteiger partial charge >= 0.3 is 0 Å². The van der Waals surface area contributed by atoms with Gasteiger partial charge in [-0.25, -0.2) is 0 Å². The first-order valence-corrected chi connectivity index (χ1v) is 8.26. The third-order valence-electron chi connectivity index (χ3n) is 4.31. The molecule has 21 heavy (non-hydrogen) atoms. The Labute approximate surface area is 129 Å². The largest absolute Gasteiger partial charge is 0.381 e. The van der Waals surface area contributed by atoms with E-state index in [0.29, 0.717) is 0 Å². The molecule has 1 aliphatic heterocycles. The predicted octanol–water partition coefficient (Wildman–Crippen LogP) is 2.80. The van der Waals surface area contributed by atoms with Gasteiger partial charge in [0.2, 0.25) is 0 Å². The van der Waals surface area contributed by atoms with Gasteiger partial charge in [-0.2, -0.15) is 5.10 Å². The molecule has 120 valence electrons. The molecule has 1 atom stereocenters. The van der Waals surface area contributed by atoms with E-state index >= 15 is 0 Å². The minimum Gasteiger partial charge on any atom is -0.381 e. The summed E-state index contributed by atoms with van der Waals surface area (Å²) >= 11 is 0. The molecule has 1 aromatic heterocycles. The Hall–Kier alpha value is -0.870. The first kappa shape index (κ1) is 16.5. The van der Waals surface area contributed by atoms with E-state index in [1.54, 1.807) is 0 Å². The maximum absolute atomic E-state index is 5.73. The van der Waals surface area contributed by atoms with E-state index in [-0.39, 0.29) is 11.0 Å². The lowest BCUT2D eigenvalue weighted by Crippen LogP contribution is -2.45. The van der Waals surface area contributed by atoms with Crippen LogP contribution in [-0.2, 0) is 24.1 Å². The molecule has 2 rings (SSSR count). The van der Waals surface area contributed by atoms with Crippen molar-refractivity contribution in [1.29, 1.82) is 0 Å². The van der Waals surface area contributed by atoms with Crippen LogP contribution in [0.1, 0.15) is 52.4 Å². The van der Waals surface area contributed by atoms with Crippen molar-refractivity contribution in [2.24, 2.45) is 5.41 Å². The monoisotopic (exact) mass is 293 g/mol. The fraction of sp³-hybridized carbons (Fsp3) is 0.824. The standard InChI is InChI=1S/C17H31N3O/c1-6-14-10-15(20(7-2)19-14)11-17(8-9-21-13-17)12-18-16(3,4)5/h10,18H,6-9,11-13H2,1-5H3. The number of hydrogen-bond donors (Lipinski definition) is 1. The lowest BCUT2D eigenvalue weighted by molar-refractivity contribution is 0.142. The average Bonchev–Trinajstić information content (AvgIpc) is 3.03. The summed E-state index contributed by atoms with van der Waals surface area (Å²) in [4.78, 5) is 0. The Morgan fingerprint density at radius 1 is 1.38 bits per heavy atom. The first-order chi connectivity index (χ1) is 9.87. The highest BCUT2D eigenvalue weighted by Crippen LogP contribution is 2.33. The van der Waals surface area contributed by atoms with Crippen molar-refractivity contribution >= 4 is 0 Å². The maximum atomic E-state index is 5.73. The van der Waals surface area contributed by atoms with Gasteiger partial charge in [0.05, 0.1) is 12.3 Å². The van der Waals surface area contributed by atoms with Gasteiger partial charge in [-0.3, -0.25) is 4.68 Å². The molecule has 4 heteroatoms. The summed E-state index contributed by atoms with van der Waals surface area (Å²) in [6.45, 7) is 14.7. The molecule has 0 aromatic carbocycles. The normalized spacial score (nSPS) is 22.9. The number of aryl methyl sites for hydroxylation is 2. The van der Waals surface area contributed by atoms with E-state index in [4.69, 9.17) is 4.74 Å².